The van der Waals surface area contributed by atoms with Gasteiger partial charge < -0.3 is 24.1 Å². The van der Waals surface area contributed by atoms with E-state index in [0.29, 0.717) is 17.5 Å². The highest BCUT2D eigenvalue weighted by atomic mass is 16.7. The molecular weight excluding hydrogens is 500 g/mol. The van der Waals surface area contributed by atoms with Crippen molar-refractivity contribution in [2.24, 2.45) is 11.3 Å². The van der Waals surface area contributed by atoms with Gasteiger partial charge in [-0.15, -0.1) is 0 Å². The minimum absolute atomic E-state index is 0.234. The molecule has 214 valence electrons. The quantitative estimate of drug-likeness (QED) is 0.279. The van der Waals surface area contributed by atoms with Crippen LogP contribution in [0.2, 0.25) is 0 Å². The first-order chi connectivity index (χ1) is 17.8. The summed E-state index contributed by atoms with van der Waals surface area (Å²) >= 11 is 0. The molecule has 2 rings (SSSR count). The maximum absolute atomic E-state index is 13.3. The molecule has 2 aromatic carbocycles. The Bertz CT molecular complexity index is 1070. The lowest BCUT2D eigenvalue weighted by Crippen LogP contribution is -2.49. The van der Waals surface area contributed by atoms with Crippen LogP contribution in [0, 0.1) is 11.3 Å². The third-order valence-corrected chi connectivity index (χ3v) is 6.11. The minimum Gasteiger partial charge on any atom is -0.480 e. The minimum atomic E-state index is -1.46. The van der Waals surface area contributed by atoms with Gasteiger partial charge in [-0.1, -0.05) is 58.4 Å². The first-order valence-electron chi connectivity index (χ1n) is 13.1. The van der Waals surface area contributed by atoms with E-state index in [0.717, 1.165) is 0 Å². The van der Waals surface area contributed by atoms with Gasteiger partial charge in [-0.3, -0.25) is 4.79 Å². The van der Waals surface area contributed by atoms with Crippen LogP contribution >= 0.6 is 0 Å². The van der Waals surface area contributed by atoms with Crippen molar-refractivity contribution in [1.82, 2.24) is 0 Å². The lowest BCUT2D eigenvalue weighted by molar-refractivity contribution is -0.146. The maximum atomic E-state index is 13.3. The third kappa shape index (κ3) is 8.22. The number of carboxylic acids is 1. The first-order valence-corrected chi connectivity index (χ1v) is 13.1. The number of hydrogen-bond acceptors (Lipinski definition) is 7. The molecule has 0 heterocycles. The fraction of sp³-hybridized carbons (Fsp3) is 0.516. The van der Waals surface area contributed by atoms with Crippen molar-refractivity contribution in [3.8, 4) is 11.5 Å². The molecule has 8 heteroatoms. The smallest absolute Gasteiger partial charge is 0.480 e. The second kappa shape index (κ2) is 11.7. The zero-order valence-corrected chi connectivity index (χ0v) is 24.7. The number of carboxylic acid groups (broad SMARTS) is 1. The summed E-state index contributed by atoms with van der Waals surface area (Å²) < 4.78 is 21.0. The number of aliphatic carboxylic acids is 1. The van der Waals surface area contributed by atoms with E-state index in [2.05, 4.69) is 0 Å². The lowest BCUT2D eigenvalue weighted by Gasteiger charge is -2.45. The van der Waals surface area contributed by atoms with Crippen LogP contribution in [0.5, 0.6) is 11.5 Å². The molecule has 0 radical (unpaired) electrons. The third-order valence-electron chi connectivity index (χ3n) is 6.11. The molecule has 1 atom stereocenters. The second-order valence-corrected chi connectivity index (χ2v) is 12.6. The van der Waals surface area contributed by atoms with E-state index in [-0.39, 0.29) is 17.4 Å². The Morgan fingerprint density at radius 3 is 1.23 bits per heavy atom. The predicted octanol–water partition coefficient (Wildman–Crippen LogP) is 7.76. The lowest BCUT2D eigenvalue weighted by atomic mass is 9.57. The van der Waals surface area contributed by atoms with Crippen LogP contribution in [0.15, 0.2) is 48.5 Å². The molecule has 0 amide bonds. The van der Waals surface area contributed by atoms with Gasteiger partial charge in [0.25, 0.3) is 0 Å². The van der Waals surface area contributed by atoms with Crippen molar-refractivity contribution in [2.75, 3.05) is 0 Å². The van der Waals surface area contributed by atoms with Crippen molar-refractivity contribution in [3.63, 3.8) is 0 Å². The number of ether oxygens (including phenoxy) is 4. The summed E-state index contributed by atoms with van der Waals surface area (Å²) in [4.78, 5) is 37.6. The molecule has 2 aromatic rings. The van der Waals surface area contributed by atoms with Gasteiger partial charge in [0.2, 0.25) is 0 Å². The van der Waals surface area contributed by atoms with Crippen molar-refractivity contribution < 1.29 is 38.4 Å². The Morgan fingerprint density at radius 1 is 0.667 bits per heavy atom. The largest absolute Gasteiger partial charge is 0.514 e. The van der Waals surface area contributed by atoms with E-state index in [1.165, 1.54) is 0 Å². The van der Waals surface area contributed by atoms with Crippen LogP contribution < -0.4 is 9.47 Å². The molecular formula is C31H42O8. The van der Waals surface area contributed by atoms with Gasteiger partial charge in [0.05, 0.1) is 0 Å². The fourth-order valence-electron chi connectivity index (χ4n) is 4.84. The zero-order valence-electron chi connectivity index (χ0n) is 24.7. The van der Waals surface area contributed by atoms with E-state index >= 15 is 0 Å². The summed E-state index contributed by atoms with van der Waals surface area (Å²) in [6.07, 6.45) is -1.12. The van der Waals surface area contributed by atoms with Crippen LogP contribution in [0.1, 0.15) is 86.8 Å². The van der Waals surface area contributed by atoms with Crippen molar-refractivity contribution >= 4 is 18.3 Å². The number of carbonyl (C=O) groups excluding carboxylic acids is 2. The van der Waals surface area contributed by atoms with E-state index in [1.807, 2.05) is 27.7 Å². The maximum Gasteiger partial charge on any atom is 0.514 e. The van der Waals surface area contributed by atoms with Gasteiger partial charge in [-0.2, -0.15) is 0 Å². The Labute approximate surface area is 231 Å². The number of hydrogen-bond donors (Lipinski definition) is 1. The summed E-state index contributed by atoms with van der Waals surface area (Å²) in [6.45, 7) is 18.4. The Morgan fingerprint density at radius 2 is 1.00 bits per heavy atom. The number of carbonyl (C=O) groups is 3. The average Bonchev–Trinajstić information content (AvgIpc) is 2.75. The highest BCUT2D eigenvalue weighted by Gasteiger charge is 2.52. The van der Waals surface area contributed by atoms with Gasteiger partial charge >= 0.3 is 18.3 Å². The molecule has 0 aliphatic carbocycles. The molecule has 1 unspecified atom stereocenters. The molecule has 0 bridgehead atoms. The van der Waals surface area contributed by atoms with Crippen molar-refractivity contribution in [2.45, 2.75) is 92.3 Å². The monoisotopic (exact) mass is 542 g/mol. The summed E-state index contributed by atoms with van der Waals surface area (Å²) in [6, 6.07) is 12.9. The van der Waals surface area contributed by atoms with Crippen LogP contribution in [0.3, 0.4) is 0 Å². The van der Waals surface area contributed by atoms with Gasteiger partial charge in [0, 0.05) is 0 Å². The van der Waals surface area contributed by atoms with Gasteiger partial charge in [-0.05, 0) is 88.3 Å². The van der Waals surface area contributed by atoms with E-state index in [9.17, 15) is 19.5 Å². The highest BCUT2D eigenvalue weighted by molar-refractivity contribution is 5.87. The Hall–Kier alpha value is -3.55. The van der Waals surface area contributed by atoms with Gasteiger partial charge in [-0.25, -0.2) is 9.59 Å². The number of benzene rings is 2. The summed E-state index contributed by atoms with van der Waals surface area (Å²) in [5.74, 6) is -0.891. The molecule has 39 heavy (non-hydrogen) atoms. The SMILES string of the molecule is CCC(C(C)(C)C)C(C(=O)O)(c1ccc(OC(=O)OC(C)(C)C)cc1)c1ccc(OC(=O)OC(C)(C)C)cc1. The van der Waals surface area contributed by atoms with Crippen LogP contribution in [0.25, 0.3) is 0 Å². The normalized spacial score (nSPS) is 13.3. The van der Waals surface area contributed by atoms with Crippen LogP contribution in [0.4, 0.5) is 9.59 Å². The molecule has 0 aromatic heterocycles. The van der Waals surface area contributed by atoms with E-state index in [4.69, 9.17) is 18.9 Å². The van der Waals surface area contributed by atoms with Crippen LogP contribution in [-0.2, 0) is 19.7 Å². The second-order valence-electron chi connectivity index (χ2n) is 12.6. The summed E-state index contributed by atoms with van der Waals surface area (Å²) in [5.41, 5.74) is -2.23. The number of rotatable bonds is 7. The topological polar surface area (TPSA) is 108 Å². The Balaban J connectivity index is 2.57. The van der Waals surface area contributed by atoms with Crippen LogP contribution in [-0.4, -0.2) is 34.6 Å². The molecule has 0 fully saturated rings. The molecule has 8 nitrogen and oxygen atoms in total. The average molecular weight is 543 g/mol. The van der Waals surface area contributed by atoms with Crippen molar-refractivity contribution in [3.05, 3.63) is 59.7 Å². The summed E-state index contributed by atoms with van der Waals surface area (Å²) in [5, 5.41) is 10.9. The molecule has 0 aliphatic heterocycles. The molecule has 0 aliphatic rings. The zero-order chi connectivity index (χ0) is 29.8. The van der Waals surface area contributed by atoms with E-state index < -0.39 is 40.3 Å². The standard InChI is InChI=1S/C31H42O8/c1-11-24(28(2,3)4)31(25(32)33,20-12-16-22(17-13-20)36-26(34)38-29(5,6)7)21-14-18-23(19-15-21)37-27(35)39-30(8,9)10/h12-19,24H,11H2,1-10H3,(H,32,33). The molecule has 1 N–H and O–H groups in total. The molecule has 0 spiro atoms. The fourth-order valence-corrected chi connectivity index (χ4v) is 4.84. The van der Waals surface area contributed by atoms with E-state index in [1.54, 1.807) is 90.1 Å². The van der Waals surface area contributed by atoms with Gasteiger partial charge in [0.1, 0.15) is 28.1 Å². The predicted molar refractivity (Wildman–Crippen MR) is 148 cm³/mol. The highest BCUT2D eigenvalue weighted by Crippen LogP contribution is 2.49. The van der Waals surface area contributed by atoms with Gasteiger partial charge in [0.15, 0.2) is 0 Å². The molecule has 0 saturated carbocycles. The van der Waals surface area contributed by atoms with Crippen molar-refractivity contribution in [1.29, 1.82) is 0 Å². The molecule has 0 saturated heterocycles. The first kappa shape index (κ1) is 31.7. The Kier molecular flexibility index (Phi) is 9.48. The summed E-state index contributed by atoms with van der Waals surface area (Å²) in [7, 11) is 0.